The smallest absolute Gasteiger partial charge is 0.304 e. The minimum Gasteiger partial charge on any atom is -0.490 e. The zero-order valence-corrected chi connectivity index (χ0v) is 12.1. The highest BCUT2D eigenvalue weighted by molar-refractivity contribution is 5.66. The van der Waals surface area contributed by atoms with Crippen molar-refractivity contribution in [3.05, 3.63) is 24.3 Å². The normalized spacial score (nSPS) is 28.5. The minimum atomic E-state index is -0.717. The van der Waals surface area contributed by atoms with Crippen LogP contribution in [0.25, 0.3) is 0 Å². The van der Waals surface area contributed by atoms with Crippen LogP contribution < -0.4 is 10.5 Å². The number of likely N-dealkylation sites (tertiary alicyclic amines) is 1. The predicted octanol–water partition coefficient (Wildman–Crippen LogP) is 1.98. The molecule has 21 heavy (non-hydrogen) atoms. The van der Waals surface area contributed by atoms with E-state index in [1.165, 1.54) is 0 Å². The fraction of sp³-hybridized carbons (Fsp3) is 0.562. The van der Waals surface area contributed by atoms with Gasteiger partial charge in [-0.15, -0.1) is 0 Å². The van der Waals surface area contributed by atoms with Crippen molar-refractivity contribution in [2.24, 2.45) is 5.92 Å². The van der Waals surface area contributed by atoms with E-state index < -0.39 is 5.97 Å². The first-order valence-electron chi connectivity index (χ1n) is 7.60. The van der Waals surface area contributed by atoms with Gasteiger partial charge in [0.25, 0.3) is 0 Å². The SMILES string of the molecule is Nc1ccc(OC2CCC3CC2CN3CCC(=O)O)cc1. The summed E-state index contributed by atoms with van der Waals surface area (Å²) in [5.41, 5.74) is 6.43. The van der Waals surface area contributed by atoms with Gasteiger partial charge in [-0.3, -0.25) is 9.69 Å². The van der Waals surface area contributed by atoms with E-state index in [0.29, 0.717) is 18.5 Å². The van der Waals surface area contributed by atoms with Crippen LogP contribution in [0.2, 0.25) is 0 Å². The zero-order chi connectivity index (χ0) is 14.8. The van der Waals surface area contributed by atoms with Gasteiger partial charge >= 0.3 is 5.97 Å². The molecule has 0 amide bonds. The number of nitrogens with two attached hydrogens (primary N) is 1. The lowest BCUT2D eigenvalue weighted by atomic mass is 9.87. The van der Waals surface area contributed by atoms with Crippen molar-refractivity contribution in [3.63, 3.8) is 0 Å². The highest BCUT2D eigenvalue weighted by Crippen LogP contribution is 2.37. The summed E-state index contributed by atoms with van der Waals surface area (Å²) in [6, 6.07) is 8.08. The van der Waals surface area contributed by atoms with Gasteiger partial charge < -0.3 is 15.6 Å². The summed E-state index contributed by atoms with van der Waals surface area (Å²) < 4.78 is 6.12. The summed E-state index contributed by atoms with van der Waals surface area (Å²) in [4.78, 5) is 13.0. The monoisotopic (exact) mass is 290 g/mol. The third-order valence-corrected chi connectivity index (χ3v) is 4.65. The van der Waals surface area contributed by atoms with E-state index in [4.69, 9.17) is 15.6 Å². The van der Waals surface area contributed by atoms with Gasteiger partial charge in [0.2, 0.25) is 0 Å². The summed E-state index contributed by atoms with van der Waals surface area (Å²) in [6.45, 7) is 1.61. The lowest BCUT2D eigenvalue weighted by Gasteiger charge is -2.29. The molecule has 1 aliphatic carbocycles. The number of anilines is 1. The maximum atomic E-state index is 10.7. The number of carbonyl (C=O) groups is 1. The molecule has 0 radical (unpaired) electrons. The van der Waals surface area contributed by atoms with Crippen LogP contribution in [0.1, 0.15) is 25.7 Å². The number of hydrogen-bond donors (Lipinski definition) is 2. The molecule has 3 N–H and O–H groups in total. The van der Waals surface area contributed by atoms with Crippen molar-refractivity contribution in [2.45, 2.75) is 37.8 Å². The molecule has 1 heterocycles. The number of benzene rings is 1. The fourth-order valence-corrected chi connectivity index (χ4v) is 3.57. The molecular formula is C16H22N2O3. The van der Waals surface area contributed by atoms with Crippen molar-refractivity contribution in [1.82, 2.24) is 4.90 Å². The average Bonchev–Trinajstić information content (AvgIpc) is 2.79. The number of carboxylic acid groups (broad SMARTS) is 1. The minimum absolute atomic E-state index is 0.229. The number of ether oxygens (including phenoxy) is 1. The molecule has 1 saturated carbocycles. The fourth-order valence-electron chi connectivity index (χ4n) is 3.57. The quantitative estimate of drug-likeness (QED) is 0.811. The Hall–Kier alpha value is -1.75. The number of carboxylic acids is 1. The first-order chi connectivity index (χ1) is 10.1. The van der Waals surface area contributed by atoms with Gasteiger partial charge in [0.15, 0.2) is 0 Å². The van der Waals surface area contributed by atoms with Gasteiger partial charge in [0.05, 0.1) is 6.42 Å². The Balaban J connectivity index is 1.58. The van der Waals surface area contributed by atoms with Gasteiger partial charge in [-0.25, -0.2) is 0 Å². The maximum absolute atomic E-state index is 10.7. The van der Waals surface area contributed by atoms with E-state index in [1.807, 2.05) is 24.3 Å². The van der Waals surface area contributed by atoms with Crippen LogP contribution in [0.5, 0.6) is 5.75 Å². The van der Waals surface area contributed by atoms with Crippen LogP contribution in [0.3, 0.4) is 0 Å². The standard InChI is InChI=1S/C16H22N2O3/c17-12-1-4-14(5-2-12)21-15-6-3-13-9-11(15)10-18(13)8-7-16(19)20/h1-2,4-5,11,13,15H,3,6-10,17H2,(H,19,20). The van der Waals surface area contributed by atoms with E-state index in [1.54, 1.807) is 0 Å². The number of aliphatic carboxylic acids is 1. The highest BCUT2D eigenvalue weighted by atomic mass is 16.5. The number of nitrogen functional groups attached to an aromatic ring is 1. The second kappa shape index (κ2) is 5.93. The number of nitrogens with zero attached hydrogens (tertiary/aromatic N) is 1. The first kappa shape index (κ1) is 14.2. The lowest BCUT2D eigenvalue weighted by molar-refractivity contribution is -0.137. The van der Waals surface area contributed by atoms with Crippen LogP contribution >= 0.6 is 0 Å². The summed E-state index contributed by atoms with van der Waals surface area (Å²) in [5, 5.41) is 8.82. The molecule has 2 fully saturated rings. The molecule has 1 aromatic rings. The van der Waals surface area contributed by atoms with Gasteiger partial charge in [-0.2, -0.15) is 0 Å². The van der Waals surface area contributed by atoms with Gasteiger partial charge in [-0.05, 0) is 43.5 Å². The largest absolute Gasteiger partial charge is 0.490 e. The Bertz CT molecular complexity index is 503. The third-order valence-electron chi connectivity index (χ3n) is 4.65. The van der Waals surface area contributed by atoms with Gasteiger partial charge in [0.1, 0.15) is 11.9 Å². The number of hydrogen-bond acceptors (Lipinski definition) is 4. The summed E-state index contributed by atoms with van der Waals surface area (Å²) >= 11 is 0. The molecule has 5 nitrogen and oxygen atoms in total. The Morgan fingerprint density at radius 1 is 1.33 bits per heavy atom. The van der Waals surface area contributed by atoms with Crippen LogP contribution in [-0.2, 0) is 4.79 Å². The van der Waals surface area contributed by atoms with Crippen LogP contribution in [-0.4, -0.2) is 41.2 Å². The Morgan fingerprint density at radius 3 is 2.81 bits per heavy atom. The van der Waals surface area contributed by atoms with Crippen molar-refractivity contribution >= 4 is 11.7 Å². The van der Waals surface area contributed by atoms with Crippen molar-refractivity contribution in [1.29, 1.82) is 0 Å². The Morgan fingerprint density at radius 2 is 2.10 bits per heavy atom. The molecule has 0 spiro atoms. The number of fused-ring (bicyclic) bond motifs is 2. The number of rotatable bonds is 5. The van der Waals surface area contributed by atoms with Gasteiger partial charge in [-0.1, -0.05) is 0 Å². The summed E-state index contributed by atoms with van der Waals surface area (Å²) in [5.74, 6) is 0.665. The van der Waals surface area contributed by atoms with Crippen molar-refractivity contribution in [2.75, 3.05) is 18.8 Å². The molecular weight excluding hydrogens is 268 g/mol. The molecule has 5 heteroatoms. The zero-order valence-electron chi connectivity index (χ0n) is 12.1. The van der Waals surface area contributed by atoms with E-state index in [9.17, 15) is 4.79 Å². The second-order valence-corrected chi connectivity index (χ2v) is 6.09. The lowest BCUT2D eigenvalue weighted by Crippen LogP contribution is -2.32. The highest BCUT2D eigenvalue weighted by Gasteiger charge is 2.41. The molecule has 114 valence electrons. The molecule has 0 aromatic heterocycles. The Kier molecular flexibility index (Phi) is 4.01. The summed E-state index contributed by atoms with van der Waals surface area (Å²) in [7, 11) is 0. The molecule has 1 saturated heterocycles. The van der Waals surface area contributed by atoms with E-state index >= 15 is 0 Å². The van der Waals surface area contributed by atoms with E-state index in [2.05, 4.69) is 4.90 Å². The van der Waals surface area contributed by atoms with Crippen LogP contribution in [0.15, 0.2) is 24.3 Å². The first-order valence-corrected chi connectivity index (χ1v) is 7.60. The maximum Gasteiger partial charge on any atom is 0.304 e. The predicted molar refractivity (Wildman–Crippen MR) is 80.2 cm³/mol. The van der Waals surface area contributed by atoms with Crippen LogP contribution in [0.4, 0.5) is 5.69 Å². The Labute approximate surface area is 124 Å². The molecule has 2 aliphatic rings. The average molecular weight is 290 g/mol. The third kappa shape index (κ3) is 3.29. The van der Waals surface area contributed by atoms with Gasteiger partial charge in [0, 0.05) is 30.7 Å². The van der Waals surface area contributed by atoms with Crippen molar-refractivity contribution in [3.8, 4) is 5.75 Å². The molecule has 1 aliphatic heterocycles. The molecule has 1 aromatic carbocycles. The molecule has 3 atom stereocenters. The van der Waals surface area contributed by atoms with E-state index in [-0.39, 0.29) is 12.5 Å². The second-order valence-electron chi connectivity index (χ2n) is 6.09. The topological polar surface area (TPSA) is 75.8 Å². The van der Waals surface area contributed by atoms with Crippen molar-refractivity contribution < 1.29 is 14.6 Å². The summed E-state index contributed by atoms with van der Waals surface area (Å²) in [6.07, 6.45) is 3.73. The molecule has 3 rings (SSSR count). The van der Waals surface area contributed by atoms with Crippen LogP contribution in [0, 0.1) is 5.92 Å². The van der Waals surface area contributed by atoms with E-state index in [0.717, 1.165) is 37.2 Å². The molecule has 2 bridgehead atoms. The molecule has 3 unspecified atom stereocenters.